The summed E-state index contributed by atoms with van der Waals surface area (Å²) < 4.78 is 3.44. The summed E-state index contributed by atoms with van der Waals surface area (Å²) >= 11 is 0. The highest BCUT2D eigenvalue weighted by Gasteiger charge is 2.14. The Balaban J connectivity index is 0.00000161. The fourth-order valence-electron chi connectivity index (χ4n) is 2.14. The largest absolute Gasteiger partial charge is 1.00 e. The third-order valence-corrected chi connectivity index (χ3v) is 3.14. The van der Waals surface area contributed by atoms with Crippen LogP contribution in [0.25, 0.3) is 16.9 Å². The zero-order chi connectivity index (χ0) is 14.3. The molecule has 0 amide bonds. The fraction of sp³-hybridized carbons (Fsp3) is 0.0769. The van der Waals surface area contributed by atoms with Crippen LogP contribution in [0.3, 0.4) is 0 Å². The molecule has 0 saturated heterocycles. The van der Waals surface area contributed by atoms with E-state index in [0.29, 0.717) is 16.9 Å². The van der Waals surface area contributed by atoms with E-state index in [0.717, 1.165) is 0 Å². The Morgan fingerprint density at radius 2 is 1.95 bits per heavy atom. The van der Waals surface area contributed by atoms with Crippen molar-refractivity contribution >= 4 is 11.3 Å². The second-order valence-corrected chi connectivity index (χ2v) is 4.44. The van der Waals surface area contributed by atoms with Gasteiger partial charge in [-0.05, 0) is 12.1 Å². The summed E-state index contributed by atoms with van der Waals surface area (Å²) in [6.07, 6.45) is 5.33. The topological polar surface area (TPSA) is 84.3 Å². The molecule has 8 heteroatoms. The summed E-state index contributed by atoms with van der Waals surface area (Å²) in [4.78, 5) is 25.0. The van der Waals surface area contributed by atoms with Gasteiger partial charge in [-0.25, -0.2) is 4.57 Å². The molecule has 3 rings (SSSR count). The van der Waals surface area contributed by atoms with Crippen LogP contribution in [0.5, 0.6) is 0 Å². The van der Waals surface area contributed by atoms with Gasteiger partial charge in [-0.2, -0.15) is 4.40 Å². The monoisotopic (exact) mass is 350 g/mol. The number of aryl methyl sites for hydroxylation is 1. The van der Waals surface area contributed by atoms with Gasteiger partial charge < -0.3 is 22.0 Å². The molecule has 21 heavy (non-hydrogen) atoms. The number of hydrogen-bond donors (Lipinski definition) is 1. The molecule has 2 aromatic heterocycles. The third kappa shape index (κ3) is 2.57. The number of nitro benzene ring substituents is 1. The van der Waals surface area contributed by atoms with Crippen LogP contribution in [0.2, 0.25) is 0 Å². The van der Waals surface area contributed by atoms with Gasteiger partial charge in [-0.1, -0.05) is 0 Å². The minimum absolute atomic E-state index is 0. The highest BCUT2D eigenvalue weighted by Crippen LogP contribution is 2.19. The van der Waals surface area contributed by atoms with E-state index in [1.54, 1.807) is 46.7 Å². The van der Waals surface area contributed by atoms with Crippen molar-refractivity contribution in [2.75, 3.05) is 0 Å². The Hall–Kier alpha value is -2.48. The number of non-ortho nitro benzene ring substituents is 1. The summed E-state index contributed by atoms with van der Waals surface area (Å²) in [5.41, 5.74) is 1.65. The lowest BCUT2D eigenvalue weighted by molar-refractivity contribution is -0.645. The molecule has 0 aliphatic carbocycles. The number of rotatable bonds is 2. The van der Waals surface area contributed by atoms with E-state index in [1.807, 2.05) is 0 Å². The maximum atomic E-state index is 12.0. The normalized spacial score (nSPS) is 10.3. The SMILES string of the molecule is C[n+]1ccn2cc(-c3ccc([N+](=O)[O-])cc3)[nH]c(=O)c21.[Br-]. The van der Waals surface area contributed by atoms with Crippen molar-refractivity contribution in [1.29, 1.82) is 0 Å². The number of nitro groups is 1. The molecular formula is C13H11BrN4O3. The number of aromatic amines is 1. The van der Waals surface area contributed by atoms with Crippen molar-refractivity contribution in [3.05, 3.63) is 63.3 Å². The summed E-state index contributed by atoms with van der Waals surface area (Å²) in [5.74, 6) is 0. The van der Waals surface area contributed by atoms with E-state index in [-0.39, 0.29) is 28.2 Å². The van der Waals surface area contributed by atoms with Crippen LogP contribution in [0.15, 0.2) is 47.7 Å². The summed E-state index contributed by atoms with van der Waals surface area (Å²) in [7, 11) is 1.79. The minimum Gasteiger partial charge on any atom is -1.00 e. The molecule has 3 aromatic rings. The van der Waals surface area contributed by atoms with Crippen LogP contribution >= 0.6 is 0 Å². The molecule has 0 radical (unpaired) electrons. The highest BCUT2D eigenvalue weighted by molar-refractivity contribution is 5.60. The van der Waals surface area contributed by atoms with Crippen LogP contribution in [-0.2, 0) is 7.05 Å². The molecule has 1 N–H and O–H groups in total. The molecular weight excluding hydrogens is 340 g/mol. The molecule has 0 aliphatic rings. The van der Waals surface area contributed by atoms with E-state index in [9.17, 15) is 14.9 Å². The molecule has 7 nitrogen and oxygen atoms in total. The van der Waals surface area contributed by atoms with E-state index >= 15 is 0 Å². The fourth-order valence-corrected chi connectivity index (χ4v) is 2.14. The average molecular weight is 351 g/mol. The number of halogens is 1. The second kappa shape index (κ2) is 5.49. The predicted molar refractivity (Wildman–Crippen MR) is 71.3 cm³/mol. The summed E-state index contributed by atoms with van der Waals surface area (Å²) in [5, 5.41) is 10.6. The van der Waals surface area contributed by atoms with Crippen LogP contribution in [0, 0.1) is 10.1 Å². The van der Waals surface area contributed by atoms with Crippen molar-refractivity contribution in [2.45, 2.75) is 0 Å². The molecule has 108 valence electrons. The number of fused-ring (bicyclic) bond motifs is 1. The Bertz CT molecular complexity index is 867. The molecule has 2 heterocycles. The first-order chi connectivity index (χ1) is 9.56. The predicted octanol–water partition coefficient (Wildman–Crippen LogP) is -1.97. The molecule has 0 aliphatic heterocycles. The van der Waals surface area contributed by atoms with Crippen molar-refractivity contribution in [3.63, 3.8) is 0 Å². The first kappa shape index (κ1) is 14.9. The molecule has 0 fully saturated rings. The Morgan fingerprint density at radius 3 is 2.57 bits per heavy atom. The van der Waals surface area contributed by atoms with Gasteiger partial charge in [0, 0.05) is 17.7 Å². The van der Waals surface area contributed by atoms with Crippen molar-refractivity contribution in [3.8, 4) is 11.3 Å². The first-order valence-corrected chi connectivity index (χ1v) is 5.91. The van der Waals surface area contributed by atoms with Gasteiger partial charge in [0.1, 0.15) is 18.6 Å². The molecule has 0 unspecified atom stereocenters. The number of H-pyrrole nitrogens is 1. The van der Waals surface area contributed by atoms with E-state index in [1.165, 1.54) is 12.1 Å². The van der Waals surface area contributed by atoms with Gasteiger partial charge in [0.25, 0.3) is 5.69 Å². The van der Waals surface area contributed by atoms with E-state index in [2.05, 4.69) is 4.98 Å². The smallest absolute Gasteiger partial charge is 0.352 e. The average Bonchev–Trinajstić information content (AvgIpc) is 2.81. The lowest BCUT2D eigenvalue weighted by Gasteiger charge is -2.00. The lowest BCUT2D eigenvalue weighted by atomic mass is 10.1. The molecule has 0 atom stereocenters. The highest BCUT2D eigenvalue weighted by atomic mass is 79.9. The number of nitrogens with one attached hydrogen (secondary N) is 1. The Kier molecular flexibility index (Phi) is 3.90. The lowest BCUT2D eigenvalue weighted by Crippen LogP contribution is -3.00. The number of imidazole rings is 1. The van der Waals surface area contributed by atoms with Gasteiger partial charge in [0.15, 0.2) is 0 Å². The summed E-state index contributed by atoms with van der Waals surface area (Å²) in [6.45, 7) is 0. The molecule has 1 aromatic carbocycles. The molecule has 0 bridgehead atoms. The zero-order valence-corrected chi connectivity index (χ0v) is 12.6. The van der Waals surface area contributed by atoms with Gasteiger partial charge >= 0.3 is 11.2 Å². The first-order valence-electron chi connectivity index (χ1n) is 5.91. The maximum Gasteiger partial charge on any atom is 0.352 e. The van der Waals surface area contributed by atoms with Crippen LogP contribution in [0.4, 0.5) is 5.69 Å². The van der Waals surface area contributed by atoms with Gasteiger partial charge in [-0.3, -0.25) is 14.9 Å². The Morgan fingerprint density at radius 1 is 1.29 bits per heavy atom. The number of benzene rings is 1. The molecule has 0 saturated carbocycles. The van der Waals surface area contributed by atoms with E-state index in [4.69, 9.17) is 0 Å². The number of nitrogens with zero attached hydrogens (tertiary/aromatic N) is 3. The maximum absolute atomic E-state index is 12.0. The zero-order valence-electron chi connectivity index (χ0n) is 11.0. The standard InChI is InChI=1S/C13H10N4O3.BrH/c1-15-6-7-16-8-11(14-12(18)13(15)16)9-2-4-10(5-3-9)17(19)20;/h2-8H,1H3;1H. The van der Waals surface area contributed by atoms with Crippen molar-refractivity contribution < 1.29 is 26.5 Å². The van der Waals surface area contributed by atoms with Gasteiger partial charge in [-0.15, -0.1) is 0 Å². The van der Waals surface area contributed by atoms with Crippen LogP contribution < -0.4 is 27.1 Å². The van der Waals surface area contributed by atoms with Crippen molar-refractivity contribution in [1.82, 2.24) is 9.38 Å². The minimum atomic E-state index is -0.457. The second-order valence-electron chi connectivity index (χ2n) is 4.44. The van der Waals surface area contributed by atoms with Crippen LogP contribution in [-0.4, -0.2) is 14.3 Å². The Labute approximate surface area is 129 Å². The third-order valence-electron chi connectivity index (χ3n) is 3.14. The number of hydrogen-bond acceptors (Lipinski definition) is 3. The number of aromatic nitrogens is 3. The van der Waals surface area contributed by atoms with Crippen LogP contribution in [0.1, 0.15) is 0 Å². The molecule has 0 spiro atoms. The summed E-state index contributed by atoms with van der Waals surface area (Å²) in [6, 6.07) is 6.04. The van der Waals surface area contributed by atoms with Crippen molar-refractivity contribution in [2.24, 2.45) is 7.05 Å². The quantitative estimate of drug-likeness (QED) is 0.330. The van der Waals surface area contributed by atoms with Gasteiger partial charge in [0.05, 0.1) is 17.7 Å². The van der Waals surface area contributed by atoms with E-state index < -0.39 is 4.92 Å². The van der Waals surface area contributed by atoms with Gasteiger partial charge in [0.2, 0.25) is 0 Å².